The predicted octanol–water partition coefficient (Wildman–Crippen LogP) is 15.1. The van der Waals surface area contributed by atoms with Crippen LogP contribution < -0.4 is 0 Å². The molecule has 0 spiro atoms. The molecule has 0 atom stereocenters. The van der Waals surface area contributed by atoms with E-state index in [1.807, 2.05) is 0 Å². The Kier molecular flexibility index (Phi) is 8.59. The molecule has 0 aliphatic heterocycles. The highest BCUT2D eigenvalue weighted by Crippen LogP contribution is 2.38. The lowest BCUT2D eigenvalue weighted by molar-refractivity contribution is 1.40. The molecule has 56 heavy (non-hydrogen) atoms. The topological polar surface area (TPSA) is 12.9 Å². The van der Waals surface area contributed by atoms with E-state index in [4.69, 9.17) is 4.98 Å². The second kappa shape index (κ2) is 14.5. The van der Waals surface area contributed by atoms with Crippen molar-refractivity contribution in [1.29, 1.82) is 0 Å². The number of nitrogens with zero attached hydrogens (tertiary/aromatic N) is 1. The number of benzene rings is 9. The quantitative estimate of drug-likeness (QED) is 0.160. The minimum atomic E-state index is 0.954. The summed E-state index contributed by atoms with van der Waals surface area (Å²) in [7, 11) is 0. The Balaban J connectivity index is 1.05. The van der Waals surface area contributed by atoms with Crippen molar-refractivity contribution in [3.8, 4) is 78.0 Å². The highest BCUT2D eigenvalue weighted by atomic mass is 14.7. The van der Waals surface area contributed by atoms with Crippen LogP contribution in [0, 0.1) is 0 Å². The zero-order chi connectivity index (χ0) is 37.3. The molecule has 1 heterocycles. The van der Waals surface area contributed by atoms with E-state index in [9.17, 15) is 0 Å². The van der Waals surface area contributed by atoms with Gasteiger partial charge in [-0.3, -0.25) is 0 Å². The molecule has 262 valence electrons. The minimum Gasteiger partial charge on any atom is -0.248 e. The first-order chi connectivity index (χ1) is 27.7. The molecule has 0 unspecified atom stereocenters. The maximum atomic E-state index is 5.23. The summed E-state index contributed by atoms with van der Waals surface area (Å²) in [5, 5.41) is 3.65. The lowest BCUT2D eigenvalue weighted by atomic mass is 9.91. The van der Waals surface area contributed by atoms with Crippen LogP contribution in [0.4, 0.5) is 0 Å². The van der Waals surface area contributed by atoms with E-state index in [0.717, 1.165) is 27.7 Å². The molecular weight excluding hydrogens is 675 g/mol. The first kappa shape index (κ1) is 33.2. The fraction of sp³-hybridized carbons (Fsp3) is 0. The fourth-order valence-corrected chi connectivity index (χ4v) is 8.02. The van der Waals surface area contributed by atoms with Gasteiger partial charge in [-0.1, -0.05) is 176 Å². The van der Waals surface area contributed by atoms with Crippen molar-refractivity contribution < 1.29 is 0 Å². The average molecular weight is 712 g/mol. The standard InChI is InChI=1S/C55H37N/c1-3-15-38(16-4-1)47-34-48(39-17-5-2-6-18-39)36-49(35-47)43-23-11-21-41(31-43)42-22-12-26-46(32-42)55-37-53(52-28-9-10-30-54(52)56-55)45-25-13-24-44(33-45)51-29-14-20-40-19-7-8-27-50(40)51/h1-37H. The molecule has 1 heteroatoms. The van der Waals surface area contributed by atoms with Gasteiger partial charge >= 0.3 is 0 Å². The lowest BCUT2D eigenvalue weighted by Crippen LogP contribution is -1.91. The van der Waals surface area contributed by atoms with Gasteiger partial charge in [-0.05, 0) is 126 Å². The highest BCUT2D eigenvalue weighted by molar-refractivity contribution is 6.00. The van der Waals surface area contributed by atoms with Gasteiger partial charge in [0, 0.05) is 10.9 Å². The molecule has 0 N–H and O–H groups in total. The SMILES string of the molecule is c1ccc(-c2cc(-c3ccccc3)cc(-c3cccc(-c4cccc(-c5cc(-c6cccc(-c7cccc8ccccc78)c6)c6ccccc6n5)c4)c3)c2)cc1. The van der Waals surface area contributed by atoms with E-state index in [0.29, 0.717) is 0 Å². The maximum Gasteiger partial charge on any atom is 0.0716 e. The van der Waals surface area contributed by atoms with Crippen molar-refractivity contribution in [2.24, 2.45) is 0 Å². The van der Waals surface area contributed by atoms with Crippen LogP contribution in [0.25, 0.3) is 99.7 Å². The zero-order valence-corrected chi connectivity index (χ0v) is 30.8. The Labute approximate surface area is 327 Å². The number of aromatic nitrogens is 1. The maximum absolute atomic E-state index is 5.23. The van der Waals surface area contributed by atoms with E-state index < -0.39 is 0 Å². The normalized spacial score (nSPS) is 11.2. The van der Waals surface area contributed by atoms with Crippen molar-refractivity contribution in [2.45, 2.75) is 0 Å². The average Bonchev–Trinajstić information content (AvgIpc) is 3.29. The Hall–Kier alpha value is -7.35. The molecule has 0 amide bonds. The Bertz CT molecular complexity index is 2950. The first-order valence-corrected chi connectivity index (χ1v) is 19.2. The van der Waals surface area contributed by atoms with Crippen molar-refractivity contribution >= 4 is 21.7 Å². The van der Waals surface area contributed by atoms with Crippen LogP contribution in [-0.4, -0.2) is 4.98 Å². The molecule has 0 aliphatic rings. The molecule has 0 saturated carbocycles. The van der Waals surface area contributed by atoms with Gasteiger partial charge in [0.15, 0.2) is 0 Å². The number of rotatable bonds is 7. The molecule has 1 nitrogen and oxygen atoms in total. The van der Waals surface area contributed by atoms with Gasteiger partial charge in [0.25, 0.3) is 0 Å². The highest BCUT2D eigenvalue weighted by Gasteiger charge is 2.14. The van der Waals surface area contributed by atoms with Crippen LogP contribution in [0.5, 0.6) is 0 Å². The summed E-state index contributed by atoms with van der Waals surface area (Å²) in [6, 6.07) is 80.8. The van der Waals surface area contributed by atoms with Crippen molar-refractivity contribution in [3.63, 3.8) is 0 Å². The monoisotopic (exact) mass is 711 g/mol. The Morgan fingerprint density at radius 1 is 0.232 bits per heavy atom. The number of para-hydroxylation sites is 1. The Morgan fingerprint density at radius 3 is 1.32 bits per heavy atom. The summed E-state index contributed by atoms with van der Waals surface area (Å²) < 4.78 is 0. The zero-order valence-electron chi connectivity index (χ0n) is 30.8. The summed E-state index contributed by atoms with van der Waals surface area (Å²) in [5.41, 5.74) is 17.3. The number of hydrogen-bond acceptors (Lipinski definition) is 1. The van der Waals surface area contributed by atoms with E-state index in [-0.39, 0.29) is 0 Å². The summed E-state index contributed by atoms with van der Waals surface area (Å²) in [5.74, 6) is 0. The largest absolute Gasteiger partial charge is 0.248 e. The summed E-state index contributed by atoms with van der Waals surface area (Å²) >= 11 is 0. The van der Waals surface area contributed by atoms with Crippen molar-refractivity contribution in [1.82, 2.24) is 4.98 Å². The molecule has 0 saturated heterocycles. The van der Waals surface area contributed by atoms with Crippen LogP contribution in [-0.2, 0) is 0 Å². The number of fused-ring (bicyclic) bond motifs is 2. The lowest BCUT2D eigenvalue weighted by Gasteiger charge is -2.14. The smallest absolute Gasteiger partial charge is 0.0716 e. The molecule has 0 fully saturated rings. The van der Waals surface area contributed by atoms with Gasteiger partial charge in [0.1, 0.15) is 0 Å². The van der Waals surface area contributed by atoms with Gasteiger partial charge in [-0.25, -0.2) is 4.98 Å². The number of pyridine rings is 1. The third-order valence-corrected chi connectivity index (χ3v) is 10.8. The van der Waals surface area contributed by atoms with Crippen LogP contribution in [0.15, 0.2) is 224 Å². The second-order valence-electron chi connectivity index (χ2n) is 14.4. The minimum absolute atomic E-state index is 0.954. The molecule has 0 aliphatic carbocycles. The molecule has 10 rings (SSSR count). The molecular formula is C55H37N. The third-order valence-electron chi connectivity index (χ3n) is 10.8. The van der Waals surface area contributed by atoms with Crippen LogP contribution >= 0.6 is 0 Å². The van der Waals surface area contributed by atoms with E-state index in [1.54, 1.807) is 0 Å². The molecule has 0 radical (unpaired) electrons. The predicted molar refractivity (Wildman–Crippen MR) is 237 cm³/mol. The van der Waals surface area contributed by atoms with Crippen LogP contribution in [0.1, 0.15) is 0 Å². The van der Waals surface area contributed by atoms with E-state index in [1.165, 1.54) is 72.0 Å². The van der Waals surface area contributed by atoms with Crippen molar-refractivity contribution in [3.05, 3.63) is 224 Å². The van der Waals surface area contributed by atoms with Gasteiger partial charge in [-0.15, -0.1) is 0 Å². The summed E-state index contributed by atoms with van der Waals surface area (Å²) in [6.45, 7) is 0. The summed E-state index contributed by atoms with van der Waals surface area (Å²) in [4.78, 5) is 5.23. The first-order valence-electron chi connectivity index (χ1n) is 19.2. The third kappa shape index (κ3) is 6.46. The van der Waals surface area contributed by atoms with Gasteiger partial charge in [0.2, 0.25) is 0 Å². The van der Waals surface area contributed by atoms with E-state index >= 15 is 0 Å². The van der Waals surface area contributed by atoms with Crippen LogP contribution in [0.3, 0.4) is 0 Å². The summed E-state index contributed by atoms with van der Waals surface area (Å²) in [6.07, 6.45) is 0. The molecule has 9 aromatic carbocycles. The van der Waals surface area contributed by atoms with Crippen molar-refractivity contribution in [2.75, 3.05) is 0 Å². The molecule has 1 aromatic heterocycles. The second-order valence-corrected chi connectivity index (χ2v) is 14.4. The molecule has 10 aromatic rings. The van der Waals surface area contributed by atoms with Gasteiger partial charge in [-0.2, -0.15) is 0 Å². The van der Waals surface area contributed by atoms with Gasteiger partial charge in [0.05, 0.1) is 11.2 Å². The van der Waals surface area contributed by atoms with Crippen LogP contribution in [0.2, 0.25) is 0 Å². The van der Waals surface area contributed by atoms with Gasteiger partial charge < -0.3 is 0 Å². The van der Waals surface area contributed by atoms with E-state index in [2.05, 4.69) is 224 Å². The molecule has 0 bridgehead atoms. The fourth-order valence-electron chi connectivity index (χ4n) is 8.02. The Morgan fingerprint density at radius 2 is 0.643 bits per heavy atom. The number of hydrogen-bond donors (Lipinski definition) is 0.